The van der Waals surface area contributed by atoms with Gasteiger partial charge in [0.05, 0.1) is 5.69 Å². The number of benzene rings is 1. The Labute approximate surface area is 160 Å². The quantitative estimate of drug-likeness (QED) is 0.829. The molecule has 1 aromatic carbocycles. The van der Waals surface area contributed by atoms with Crippen LogP contribution in [0.25, 0.3) is 5.69 Å². The SMILES string of the molecule is O=C(c1cccc(-n2cnnn2)c1)N1CCCN(CC2CCCCC2)CC1. The number of hydrogen-bond acceptors (Lipinski definition) is 5. The van der Waals surface area contributed by atoms with E-state index < -0.39 is 0 Å². The summed E-state index contributed by atoms with van der Waals surface area (Å²) < 4.78 is 1.57. The first kappa shape index (κ1) is 18.1. The molecule has 1 amide bonds. The van der Waals surface area contributed by atoms with Crippen LogP contribution in [-0.4, -0.2) is 68.6 Å². The molecule has 1 saturated carbocycles. The predicted molar refractivity (Wildman–Crippen MR) is 103 cm³/mol. The number of aromatic nitrogens is 4. The Hall–Kier alpha value is -2.28. The van der Waals surface area contributed by atoms with Crippen LogP contribution in [0.2, 0.25) is 0 Å². The Morgan fingerprint density at radius 1 is 1.04 bits per heavy atom. The van der Waals surface area contributed by atoms with E-state index in [2.05, 4.69) is 20.4 Å². The second-order valence-corrected chi connectivity index (χ2v) is 7.76. The number of amides is 1. The van der Waals surface area contributed by atoms with Crippen molar-refractivity contribution in [1.82, 2.24) is 30.0 Å². The average Bonchev–Trinajstić information content (AvgIpc) is 3.16. The zero-order valence-corrected chi connectivity index (χ0v) is 15.8. The van der Waals surface area contributed by atoms with Crippen molar-refractivity contribution >= 4 is 5.91 Å². The largest absolute Gasteiger partial charge is 0.337 e. The van der Waals surface area contributed by atoms with E-state index in [9.17, 15) is 4.79 Å². The van der Waals surface area contributed by atoms with Gasteiger partial charge in [0.25, 0.3) is 5.91 Å². The normalized spacial score (nSPS) is 19.8. The van der Waals surface area contributed by atoms with Crippen LogP contribution in [0.4, 0.5) is 0 Å². The second kappa shape index (κ2) is 8.61. The Morgan fingerprint density at radius 2 is 1.93 bits per heavy atom. The molecule has 0 spiro atoms. The van der Waals surface area contributed by atoms with Gasteiger partial charge in [0.1, 0.15) is 6.33 Å². The maximum absolute atomic E-state index is 13.0. The summed E-state index contributed by atoms with van der Waals surface area (Å²) in [5.41, 5.74) is 1.50. The summed E-state index contributed by atoms with van der Waals surface area (Å²) in [5.74, 6) is 0.957. The Kier molecular flexibility index (Phi) is 5.77. The van der Waals surface area contributed by atoms with Gasteiger partial charge in [0, 0.05) is 31.7 Å². The average molecular weight is 368 g/mol. The van der Waals surface area contributed by atoms with Gasteiger partial charge in [-0.3, -0.25) is 4.79 Å². The number of carbonyl (C=O) groups is 1. The number of carbonyl (C=O) groups excluding carboxylic acids is 1. The molecule has 0 radical (unpaired) electrons. The van der Waals surface area contributed by atoms with Gasteiger partial charge in [-0.05, 0) is 60.4 Å². The Bertz CT molecular complexity index is 741. The van der Waals surface area contributed by atoms with Crippen molar-refractivity contribution in [3.05, 3.63) is 36.2 Å². The van der Waals surface area contributed by atoms with Crippen molar-refractivity contribution in [2.45, 2.75) is 38.5 Å². The number of tetrazole rings is 1. The van der Waals surface area contributed by atoms with E-state index in [1.165, 1.54) is 38.6 Å². The highest BCUT2D eigenvalue weighted by atomic mass is 16.2. The fraction of sp³-hybridized carbons (Fsp3) is 0.600. The van der Waals surface area contributed by atoms with E-state index in [0.717, 1.165) is 44.2 Å². The third-order valence-corrected chi connectivity index (χ3v) is 5.82. The molecular formula is C20H28N6O. The van der Waals surface area contributed by atoms with E-state index in [-0.39, 0.29) is 5.91 Å². The molecule has 2 fully saturated rings. The highest BCUT2D eigenvalue weighted by Gasteiger charge is 2.23. The minimum Gasteiger partial charge on any atom is -0.337 e. The molecule has 1 aliphatic heterocycles. The zero-order valence-electron chi connectivity index (χ0n) is 15.8. The third-order valence-electron chi connectivity index (χ3n) is 5.82. The molecule has 4 rings (SSSR count). The first-order chi connectivity index (χ1) is 13.3. The standard InChI is InChI=1S/C20H28N6O/c27-20(18-8-4-9-19(14-18)26-16-21-22-23-26)25-11-5-10-24(12-13-25)15-17-6-2-1-3-7-17/h4,8-9,14,16-17H,1-3,5-7,10-13,15H2. The van der Waals surface area contributed by atoms with Gasteiger partial charge in [-0.15, -0.1) is 5.10 Å². The van der Waals surface area contributed by atoms with Crippen molar-refractivity contribution in [3.63, 3.8) is 0 Å². The minimum absolute atomic E-state index is 0.101. The van der Waals surface area contributed by atoms with E-state index in [1.54, 1.807) is 11.0 Å². The molecule has 0 atom stereocenters. The van der Waals surface area contributed by atoms with Crippen molar-refractivity contribution < 1.29 is 4.79 Å². The third kappa shape index (κ3) is 4.53. The number of nitrogens with zero attached hydrogens (tertiary/aromatic N) is 6. The van der Waals surface area contributed by atoms with Gasteiger partial charge in [-0.25, -0.2) is 4.68 Å². The Morgan fingerprint density at radius 3 is 2.74 bits per heavy atom. The lowest BCUT2D eigenvalue weighted by atomic mass is 9.89. The van der Waals surface area contributed by atoms with E-state index in [4.69, 9.17) is 0 Å². The lowest BCUT2D eigenvalue weighted by Gasteiger charge is -2.28. The number of rotatable bonds is 4. The van der Waals surface area contributed by atoms with Gasteiger partial charge in [-0.2, -0.15) is 0 Å². The first-order valence-corrected chi connectivity index (χ1v) is 10.1. The summed E-state index contributed by atoms with van der Waals surface area (Å²) in [5, 5.41) is 11.2. The molecule has 27 heavy (non-hydrogen) atoms. The van der Waals surface area contributed by atoms with Crippen LogP contribution in [0.15, 0.2) is 30.6 Å². The van der Waals surface area contributed by atoms with Crippen LogP contribution in [0.3, 0.4) is 0 Å². The van der Waals surface area contributed by atoms with Gasteiger partial charge in [0.15, 0.2) is 0 Å². The smallest absolute Gasteiger partial charge is 0.253 e. The summed E-state index contributed by atoms with van der Waals surface area (Å²) in [4.78, 5) is 17.6. The van der Waals surface area contributed by atoms with E-state index >= 15 is 0 Å². The van der Waals surface area contributed by atoms with Gasteiger partial charge in [-0.1, -0.05) is 25.3 Å². The highest BCUT2D eigenvalue weighted by molar-refractivity contribution is 5.94. The van der Waals surface area contributed by atoms with Crippen LogP contribution in [0.1, 0.15) is 48.9 Å². The predicted octanol–water partition coefficient (Wildman–Crippen LogP) is 2.39. The topological polar surface area (TPSA) is 67.2 Å². The lowest BCUT2D eigenvalue weighted by molar-refractivity contribution is 0.0760. The van der Waals surface area contributed by atoms with Crippen LogP contribution in [0, 0.1) is 5.92 Å². The van der Waals surface area contributed by atoms with Crippen LogP contribution in [-0.2, 0) is 0 Å². The fourth-order valence-corrected chi connectivity index (χ4v) is 4.34. The van der Waals surface area contributed by atoms with Crippen LogP contribution >= 0.6 is 0 Å². The molecule has 1 saturated heterocycles. The van der Waals surface area contributed by atoms with Crippen molar-refractivity contribution in [3.8, 4) is 5.69 Å². The summed E-state index contributed by atoms with van der Waals surface area (Å²) in [7, 11) is 0. The molecule has 1 aliphatic carbocycles. The molecular weight excluding hydrogens is 340 g/mol. The summed E-state index contributed by atoms with van der Waals surface area (Å²) in [6.45, 7) is 4.92. The van der Waals surface area contributed by atoms with Gasteiger partial charge >= 0.3 is 0 Å². The number of hydrogen-bond donors (Lipinski definition) is 0. The van der Waals surface area contributed by atoms with E-state index in [0.29, 0.717) is 5.56 Å². The maximum atomic E-state index is 13.0. The molecule has 2 aliphatic rings. The molecule has 7 nitrogen and oxygen atoms in total. The summed E-state index contributed by atoms with van der Waals surface area (Å²) >= 11 is 0. The molecule has 0 N–H and O–H groups in total. The lowest BCUT2D eigenvalue weighted by Crippen LogP contribution is -2.37. The molecule has 2 heterocycles. The fourth-order valence-electron chi connectivity index (χ4n) is 4.34. The molecule has 0 unspecified atom stereocenters. The molecule has 7 heteroatoms. The monoisotopic (exact) mass is 368 g/mol. The van der Waals surface area contributed by atoms with Gasteiger partial charge in [0.2, 0.25) is 0 Å². The maximum Gasteiger partial charge on any atom is 0.253 e. The second-order valence-electron chi connectivity index (χ2n) is 7.76. The summed E-state index contributed by atoms with van der Waals surface area (Å²) in [6.07, 6.45) is 9.53. The molecule has 1 aromatic heterocycles. The van der Waals surface area contributed by atoms with Crippen LogP contribution in [0.5, 0.6) is 0 Å². The van der Waals surface area contributed by atoms with E-state index in [1.807, 2.05) is 29.2 Å². The van der Waals surface area contributed by atoms with Crippen molar-refractivity contribution in [1.29, 1.82) is 0 Å². The molecule has 2 aromatic rings. The molecule has 144 valence electrons. The van der Waals surface area contributed by atoms with Gasteiger partial charge < -0.3 is 9.80 Å². The minimum atomic E-state index is 0.101. The van der Waals surface area contributed by atoms with Crippen LogP contribution < -0.4 is 0 Å². The highest BCUT2D eigenvalue weighted by Crippen LogP contribution is 2.25. The van der Waals surface area contributed by atoms with Crippen molar-refractivity contribution in [2.24, 2.45) is 5.92 Å². The Balaban J connectivity index is 1.37. The van der Waals surface area contributed by atoms with Crippen molar-refractivity contribution in [2.75, 3.05) is 32.7 Å². The zero-order chi connectivity index (χ0) is 18.5. The summed E-state index contributed by atoms with van der Waals surface area (Å²) in [6, 6.07) is 7.53. The molecule has 0 bridgehead atoms. The first-order valence-electron chi connectivity index (χ1n) is 10.1.